The summed E-state index contributed by atoms with van der Waals surface area (Å²) in [6, 6.07) is 3.17. The quantitative estimate of drug-likeness (QED) is 0.851. The lowest BCUT2D eigenvalue weighted by atomic mass is 10.5. The Bertz CT molecular complexity index is 412. The van der Waals surface area contributed by atoms with Gasteiger partial charge in [0.25, 0.3) is 10.0 Å². The van der Waals surface area contributed by atoms with Gasteiger partial charge in [-0.05, 0) is 28.1 Å². The highest BCUT2D eigenvalue weighted by Crippen LogP contribution is 2.15. The molecule has 0 radical (unpaired) electrons. The monoisotopic (exact) mass is 292 g/mol. The summed E-state index contributed by atoms with van der Waals surface area (Å²) in [7, 11) is -3.42. The Morgan fingerprint density at radius 1 is 1.33 bits per heavy atom. The van der Waals surface area contributed by atoms with E-state index in [9.17, 15) is 8.42 Å². The highest BCUT2D eigenvalue weighted by atomic mass is 79.9. The van der Waals surface area contributed by atoms with Crippen molar-refractivity contribution in [3.63, 3.8) is 0 Å². The Morgan fingerprint density at radius 3 is 2.33 bits per heavy atom. The van der Waals surface area contributed by atoms with Gasteiger partial charge in [-0.1, -0.05) is 13.8 Å². The van der Waals surface area contributed by atoms with Gasteiger partial charge in [-0.25, -0.2) is 13.4 Å². The van der Waals surface area contributed by atoms with Crippen molar-refractivity contribution in [1.82, 2.24) is 9.29 Å². The van der Waals surface area contributed by atoms with E-state index in [4.69, 9.17) is 0 Å². The van der Waals surface area contributed by atoms with E-state index in [1.165, 1.54) is 16.6 Å². The van der Waals surface area contributed by atoms with Crippen molar-refractivity contribution < 1.29 is 8.42 Å². The second-order valence-electron chi connectivity index (χ2n) is 2.90. The van der Waals surface area contributed by atoms with Crippen molar-refractivity contribution in [2.24, 2.45) is 0 Å². The summed E-state index contributed by atoms with van der Waals surface area (Å²) in [5.41, 5.74) is 0. The molecule has 84 valence electrons. The number of aromatic nitrogens is 1. The molecule has 0 bridgehead atoms. The lowest BCUT2D eigenvalue weighted by molar-refractivity contribution is 0.442. The van der Waals surface area contributed by atoms with Crippen LogP contribution in [0.4, 0.5) is 0 Å². The van der Waals surface area contributed by atoms with Gasteiger partial charge in [0, 0.05) is 23.8 Å². The van der Waals surface area contributed by atoms with E-state index >= 15 is 0 Å². The molecule has 0 atom stereocenters. The molecule has 0 spiro atoms. The molecule has 0 unspecified atom stereocenters. The minimum absolute atomic E-state index is 0.0920. The van der Waals surface area contributed by atoms with Gasteiger partial charge in [-0.15, -0.1) is 0 Å². The SMILES string of the molecule is CCN(CC)S(=O)(=O)c1ccc(Br)cn1. The topological polar surface area (TPSA) is 50.3 Å². The fraction of sp³-hybridized carbons (Fsp3) is 0.444. The van der Waals surface area contributed by atoms with Crippen LogP contribution in [0.3, 0.4) is 0 Å². The molecule has 0 N–H and O–H groups in total. The van der Waals surface area contributed by atoms with Gasteiger partial charge in [0.2, 0.25) is 0 Å². The van der Waals surface area contributed by atoms with Gasteiger partial charge < -0.3 is 0 Å². The van der Waals surface area contributed by atoms with Gasteiger partial charge >= 0.3 is 0 Å². The molecule has 0 aliphatic heterocycles. The summed E-state index contributed by atoms with van der Waals surface area (Å²) in [4.78, 5) is 3.89. The maximum absolute atomic E-state index is 12.0. The molecule has 1 aromatic heterocycles. The van der Waals surface area contributed by atoms with E-state index in [0.29, 0.717) is 13.1 Å². The molecule has 0 aromatic carbocycles. The molecule has 0 aliphatic carbocycles. The fourth-order valence-electron chi connectivity index (χ4n) is 1.21. The number of hydrogen-bond acceptors (Lipinski definition) is 3. The second-order valence-corrected chi connectivity index (χ2v) is 5.70. The standard InChI is InChI=1S/C9H13BrN2O2S/c1-3-12(4-2)15(13,14)9-6-5-8(10)7-11-9/h5-7H,3-4H2,1-2H3. The molecule has 0 saturated heterocycles. The number of hydrogen-bond donors (Lipinski definition) is 0. The van der Waals surface area contributed by atoms with Crippen LogP contribution in [0.2, 0.25) is 0 Å². The van der Waals surface area contributed by atoms with Gasteiger partial charge in [0.05, 0.1) is 0 Å². The van der Waals surface area contributed by atoms with Crippen molar-refractivity contribution in [2.75, 3.05) is 13.1 Å². The predicted molar refractivity (Wildman–Crippen MR) is 62.0 cm³/mol. The molecular formula is C9H13BrN2O2S. The van der Waals surface area contributed by atoms with Crippen LogP contribution in [0.1, 0.15) is 13.8 Å². The largest absolute Gasteiger partial charge is 0.260 e. The van der Waals surface area contributed by atoms with Gasteiger partial charge in [-0.2, -0.15) is 4.31 Å². The lowest BCUT2D eigenvalue weighted by Crippen LogP contribution is -2.31. The Morgan fingerprint density at radius 2 is 1.93 bits per heavy atom. The van der Waals surface area contributed by atoms with Crippen LogP contribution < -0.4 is 0 Å². The van der Waals surface area contributed by atoms with E-state index in [1.807, 2.05) is 0 Å². The average molecular weight is 293 g/mol. The second kappa shape index (κ2) is 5.05. The number of pyridine rings is 1. The third-order valence-corrected chi connectivity index (χ3v) is 4.45. The zero-order valence-electron chi connectivity index (χ0n) is 8.64. The first-order valence-corrected chi connectivity index (χ1v) is 6.87. The summed E-state index contributed by atoms with van der Waals surface area (Å²) in [5, 5.41) is 0.0920. The highest BCUT2D eigenvalue weighted by Gasteiger charge is 2.22. The molecule has 1 aromatic rings. The molecule has 1 heterocycles. The minimum atomic E-state index is -3.42. The average Bonchev–Trinajstić information content (AvgIpc) is 2.19. The molecule has 0 amide bonds. The molecule has 15 heavy (non-hydrogen) atoms. The van der Waals surface area contributed by atoms with E-state index < -0.39 is 10.0 Å². The third kappa shape index (κ3) is 2.76. The first-order valence-electron chi connectivity index (χ1n) is 4.64. The van der Waals surface area contributed by atoms with E-state index in [2.05, 4.69) is 20.9 Å². The smallest absolute Gasteiger partial charge is 0.242 e. The Kier molecular flexibility index (Phi) is 4.24. The zero-order valence-corrected chi connectivity index (χ0v) is 11.0. The van der Waals surface area contributed by atoms with Crippen LogP contribution in [-0.2, 0) is 10.0 Å². The summed E-state index contributed by atoms with van der Waals surface area (Å²) < 4.78 is 26.1. The Balaban J connectivity index is 3.11. The van der Waals surface area contributed by atoms with Crippen molar-refractivity contribution in [1.29, 1.82) is 0 Å². The number of sulfonamides is 1. The number of rotatable bonds is 4. The first kappa shape index (κ1) is 12.6. The van der Waals surface area contributed by atoms with Crippen LogP contribution in [-0.4, -0.2) is 30.8 Å². The van der Waals surface area contributed by atoms with Crippen molar-refractivity contribution in [3.05, 3.63) is 22.8 Å². The predicted octanol–water partition coefficient (Wildman–Crippen LogP) is 1.87. The molecule has 0 saturated carbocycles. The third-order valence-electron chi connectivity index (χ3n) is 2.01. The molecule has 4 nitrogen and oxygen atoms in total. The van der Waals surface area contributed by atoms with Gasteiger partial charge in [-0.3, -0.25) is 0 Å². The van der Waals surface area contributed by atoms with Crippen LogP contribution in [0, 0.1) is 0 Å². The molecule has 6 heteroatoms. The summed E-state index contributed by atoms with van der Waals surface area (Å²) in [6.45, 7) is 4.52. The molecular weight excluding hydrogens is 280 g/mol. The molecule has 0 fully saturated rings. The van der Waals surface area contributed by atoms with Crippen LogP contribution in [0.5, 0.6) is 0 Å². The van der Waals surface area contributed by atoms with Crippen molar-refractivity contribution >= 4 is 26.0 Å². The maximum Gasteiger partial charge on any atom is 0.260 e. The Labute approximate surface area is 98.5 Å². The van der Waals surface area contributed by atoms with Crippen LogP contribution in [0.15, 0.2) is 27.8 Å². The van der Waals surface area contributed by atoms with Crippen LogP contribution >= 0.6 is 15.9 Å². The lowest BCUT2D eigenvalue weighted by Gasteiger charge is -2.17. The van der Waals surface area contributed by atoms with E-state index in [0.717, 1.165) is 4.47 Å². The summed E-state index contributed by atoms with van der Waals surface area (Å²) >= 11 is 3.21. The number of nitrogens with zero attached hydrogens (tertiary/aromatic N) is 2. The molecule has 1 rings (SSSR count). The summed E-state index contributed by atoms with van der Waals surface area (Å²) in [5.74, 6) is 0. The summed E-state index contributed by atoms with van der Waals surface area (Å²) in [6.07, 6.45) is 1.48. The first-order chi connectivity index (χ1) is 7.02. The highest BCUT2D eigenvalue weighted by molar-refractivity contribution is 9.10. The normalized spacial score (nSPS) is 12.0. The van der Waals surface area contributed by atoms with E-state index in [-0.39, 0.29) is 5.03 Å². The minimum Gasteiger partial charge on any atom is -0.242 e. The number of halogens is 1. The van der Waals surface area contributed by atoms with Gasteiger partial charge in [0.1, 0.15) is 0 Å². The maximum atomic E-state index is 12.0. The van der Waals surface area contributed by atoms with Crippen molar-refractivity contribution in [3.8, 4) is 0 Å². The Hall–Kier alpha value is -0.460. The van der Waals surface area contributed by atoms with Crippen molar-refractivity contribution in [2.45, 2.75) is 18.9 Å². The van der Waals surface area contributed by atoms with Crippen LogP contribution in [0.25, 0.3) is 0 Å². The van der Waals surface area contributed by atoms with E-state index in [1.54, 1.807) is 19.9 Å². The zero-order chi connectivity index (χ0) is 11.5. The molecule has 0 aliphatic rings. The van der Waals surface area contributed by atoms with Gasteiger partial charge in [0.15, 0.2) is 5.03 Å². The fourth-order valence-corrected chi connectivity index (χ4v) is 2.82.